The van der Waals surface area contributed by atoms with Gasteiger partial charge in [-0.25, -0.2) is 0 Å². The van der Waals surface area contributed by atoms with Gasteiger partial charge in [0.05, 0.1) is 11.1 Å². The molecule has 0 fully saturated rings. The molecule has 1 atom stereocenters. The number of hydrogen-bond acceptors (Lipinski definition) is 2. The third kappa shape index (κ3) is 2.60. The highest BCUT2D eigenvalue weighted by atomic mass is 16.3. The van der Waals surface area contributed by atoms with Crippen molar-refractivity contribution in [1.82, 2.24) is 4.58 Å². The van der Waals surface area contributed by atoms with Gasteiger partial charge in [-0.1, -0.05) is 80.6 Å². The van der Waals surface area contributed by atoms with Gasteiger partial charge in [0, 0.05) is 40.6 Å². The molecule has 0 N–H and O–H groups in total. The van der Waals surface area contributed by atoms with Crippen LogP contribution in [0.15, 0.2) is 126 Å². The molecule has 4 aliphatic rings. The molecule has 3 heteroatoms. The second kappa shape index (κ2) is 7.57. The van der Waals surface area contributed by atoms with Crippen LogP contribution in [-0.2, 0) is 5.41 Å². The first-order valence-corrected chi connectivity index (χ1v) is 14.7. The van der Waals surface area contributed by atoms with Crippen LogP contribution in [0.3, 0.4) is 0 Å². The highest BCUT2D eigenvalue weighted by molar-refractivity contribution is 6.26. The summed E-state index contributed by atoms with van der Waals surface area (Å²) in [6, 6.07) is 37.7. The van der Waals surface area contributed by atoms with Crippen LogP contribution in [-0.4, -0.2) is 11.8 Å². The Balaban J connectivity index is 1.26. The number of nitrogens with zero attached hydrogens (tertiary/aromatic N) is 2. The van der Waals surface area contributed by atoms with Crippen LogP contribution in [0, 0.1) is 0 Å². The van der Waals surface area contributed by atoms with Crippen LogP contribution < -0.4 is 9.48 Å². The molecule has 42 heavy (non-hydrogen) atoms. The van der Waals surface area contributed by atoms with E-state index in [1.54, 1.807) is 0 Å². The van der Waals surface area contributed by atoms with Gasteiger partial charge < -0.3 is 9.32 Å². The van der Waals surface area contributed by atoms with E-state index in [-0.39, 0.29) is 11.5 Å². The molecule has 5 aromatic carbocycles. The van der Waals surface area contributed by atoms with Crippen molar-refractivity contribution >= 4 is 56.0 Å². The second-order valence-electron chi connectivity index (χ2n) is 12.3. The third-order valence-electron chi connectivity index (χ3n) is 9.91. The summed E-state index contributed by atoms with van der Waals surface area (Å²) in [6.07, 6.45) is 6.83. The minimum Gasteiger partial charge on any atom is -0.456 e. The zero-order chi connectivity index (χ0) is 27.7. The number of hydrogen-bond donors (Lipinski definition) is 0. The Labute approximate surface area is 244 Å². The van der Waals surface area contributed by atoms with E-state index in [0.717, 1.165) is 11.2 Å². The molecular weight excluding hydrogens is 512 g/mol. The Morgan fingerprint density at radius 1 is 0.738 bits per heavy atom. The maximum Gasteiger partial charge on any atom is 0.235 e. The number of allylic oxidation sites excluding steroid dienone is 2. The zero-order valence-corrected chi connectivity index (χ0v) is 23.4. The lowest BCUT2D eigenvalue weighted by Crippen LogP contribution is -2.43. The van der Waals surface area contributed by atoms with Crippen LogP contribution in [0.2, 0.25) is 0 Å². The van der Waals surface area contributed by atoms with E-state index in [9.17, 15) is 0 Å². The summed E-state index contributed by atoms with van der Waals surface area (Å²) in [5.41, 5.74) is 16.0. The average molecular weight is 540 g/mol. The summed E-state index contributed by atoms with van der Waals surface area (Å²) < 4.78 is 8.85. The van der Waals surface area contributed by atoms with Crippen molar-refractivity contribution < 1.29 is 4.42 Å². The van der Waals surface area contributed by atoms with E-state index in [2.05, 4.69) is 139 Å². The molecule has 10 rings (SSSR count). The van der Waals surface area contributed by atoms with Crippen molar-refractivity contribution in [2.75, 3.05) is 4.90 Å². The molecular formula is C39H27N2O+. The molecule has 1 aromatic heterocycles. The minimum atomic E-state index is -0.0566. The van der Waals surface area contributed by atoms with Crippen molar-refractivity contribution in [1.29, 1.82) is 0 Å². The summed E-state index contributed by atoms with van der Waals surface area (Å²) in [7, 11) is 0. The molecule has 0 bridgehead atoms. The molecule has 0 saturated heterocycles. The van der Waals surface area contributed by atoms with Gasteiger partial charge in [-0.3, -0.25) is 0 Å². The lowest BCUT2D eigenvalue weighted by atomic mass is 9.82. The van der Waals surface area contributed by atoms with Gasteiger partial charge in [-0.2, -0.15) is 4.58 Å². The first kappa shape index (κ1) is 22.5. The maximum absolute atomic E-state index is 6.36. The largest absolute Gasteiger partial charge is 0.456 e. The third-order valence-corrected chi connectivity index (χ3v) is 9.91. The smallest absolute Gasteiger partial charge is 0.235 e. The van der Waals surface area contributed by atoms with Gasteiger partial charge in [0.25, 0.3) is 0 Å². The van der Waals surface area contributed by atoms with Crippen molar-refractivity contribution in [3.63, 3.8) is 0 Å². The van der Waals surface area contributed by atoms with Crippen LogP contribution in [0.1, 0.15) is 30.5 Å². The van der Waals surface area contributed by atoms with Crippen LogP contribution >= 0.6 is 0 Å². The minimum absolute atomic E-state index is 0.0566. The topological polar surface area (TPSA) is 19.4 Å². The molecule has 1 unspecified atom stereocenters. The van der Waals surface area contributed by atoms with Gasteiger partial charge in [-0.15, -0.1) is 0 Å². The fraction of sp³-hybridized carbons (Fsp3) is 0.103. The summed E-state index contributed by atoms with van der Waals surface area (Å²) in [5.74, 6) is 0. The number of furan rings is 1. The van der Waals surface area contributed by atoms with Crippen molar-refractivity contribution in [2.45, 2.75) is 25.3 Å². The average Bonchev–Trinajstić information content (AvgIpc) is 3.64. The molecule has 2 aliphatic heterocycles. The highest BCUT2D eigenvalue weighted by Crippen LogP contribution is 2.56. The van der Waals surface area contributed by atoms with Crippen LogP contribution in [0.4, 0.5) is 22.7 Å². The van der Waals surface area contributed by atoms with Crippen molar-refractivity contribution in [3.8, 4) is 11.1 Å². The first-order chi connectivity index (χ1) is 20.6. The SMILES string of the molecule is CC1(C)c2ccccc2-c2ccc([N+]3=C4C=CC=C5c6ccc7oc8ccccc8c7c6N(c6ccccc63)C54)cc21. The lowest BCUT2D eigenvalue weighted by Gasteiger charge is -2.33. The number of para-hydroxylation sites is 3. The molecule has 0 radical (unpaired) electrons. The van der Waals surface area contributed by atoms with Gasteiger partial charge in [-0.05, 0) is 58.2 Å². The Morgan fingerprint density at radius 3 is 2.48 bits per heavy atom. The first-order valence-electron chi connectivity index (χ1n) is 14.7. The van der Waals surface area contributed by atoms with Crippen molar-refractivity contribution in [2.24, 2.45) is 0 Å². The maximum atomic E-state index is 6.36. The van der Waals surface area contributed by atoms with Gasteiger partial charge in [0.15, 0.2) is 0 Å². The summed E-state index contributed by atoms with van der Waals surface area (Å²) in [5, 5.41) is 2.36. The number of anilines is 2. The van der Waals surface area contributed by atoms with E-state index in [0.29, 0.717) is 0 Å². The Kier molecular flexibility index (Phi) is 4.06. The predicted molar refractivity (Wildman–Crippen MR) is 174 cm³/mol. The molecule has 198 valence electrons. The zero-order valence-electron chi connectivity index (χ0n) is 23.4. The Morgan fingerprint density at radius 2 is 1.52 bits per heavy atom. The highest BCUT2D eigenvalue weighted by Gasteiger charge is 2.49. The summed E-state index contributed by atoms with van der Waals surface area (Å²) in [4.78, 5) is 2.56. The van der Waals surface area contributed by atoms with Gasteiger partial charge in [0.2, 0.25) is 17.1 Å². The second-order valence-corrected chi connectivity index (χ2v) is 12.3. The Hall–Kier alpha value is -5.15. The summed E-state index contributed by atoms with van der Waals surface area (Å²) >= 11 is 0. The van der Waals surface area contributed by atoms with E-state index in [1.807, 2.05) is 6.07 Å². The normalized spacial score (nSPS) is 18.6. The van der Waals surface area contributed by atoms with E-state index in [1.165, 1.54) is 72.6 Å². The van der Waals surface area contributed by atoms with Crippen LogP contribution in [0.5, 0.6) is 0 Å². The predicted octanol–water partition coefficient (Wildman–Crippen LogP) is 9.66. The monoisotopic (exact) mass is 539 g/mol. The quantitative estimate of drug-likeness (QED) is 0.194. The fourth-order valence-electron chi connectivity index (χ4n) is 8.08. The van der Waals surface area contributed by atoms with E-state index in [4.69, 9.17) is 4.42 Å². The van der Waals surface area contributed by atoms with Gasteiger partial charge >= 0.3 is 0 Å². The molecule has 3 heterocycles. The number of fused-ring (bicyclic) bond motifs is 12. The van der Waals surface area contributed by atoms with Crippen molar-refractivity contribution in [3.05, 3.63) is 138 Å². The standard InChI is InChI=1S/C39H27N2O/c1-39(2)29-13-5-3-10-24(29)25-19-18-23(22-30(25)39)40-31-14-6-7-15-32(31)41-37-26(12-9-16-33(37)40)27-20-21-35-36(38(27)41)28-11-4-8-17-34(28)42-35/h3-22,37H,1-2H3/q+1. The van der Waals surface area contributed by atoms with Crippen LogP contribution in [0.25, 0.3) is 38.6 Å². The number of rotatable bonds is 1. The van der Waals surface area contributed by atoms with E-state index >= 15 is 0 Å². The molecule has 0 amide bonds. The summed E-state index contributed by atoms with van der Waals surface area (Å²) in [6.45, 7) is 4.71. The lowest BCUT2D eigenvalue weighted by molar-refractivity contribution is 0.660. The molecule has 0 saturated carbocycles. The number of benzene rings is 5. The molecule has 2 aliphatic carbocycles. The van der Waals surface area contributed by atoms with Gasteiger partial charge in [0.1, 0.15) is 22.9 Å². The molecule has 0 spiro atoms. The van der Waals surface area contributed by atoms with E-state index < -0.39 is 0 Å². The molecule has 3 nitrogen and oxygen atoms in total. The molecule has 6 aromatic rings. The Bertz CT molecular complexity index is 2290. The fourth-order valence-corrected chi connectivity index (χ4v) is 8.08.